The first-order valence-electron chi connectivity index (χ1n) is 36.8. The van der Waals surface area contributed by atoms with Gasteiger partial charge in [0.1, 0.15) is 0 Å². The summed E-state index contributed by atoms with van der Waals surface area (Å²) in [6.45, 7) is 56.9. The van der Waals surface area contributed by atoms with E-state index in [-0.39, 0.29) is 161 Å². The second-order valence-corrected chi connectivity index (χ2v) is 64.3. The van der Waals surface area contributed by atoms with Crippen LogP contribution in [0.3, 0.4) is 0 Å². The molecule has 0 spiro atoms. The molecule has 12 aromatic rings. The third-order valence-electron chi connectivity index (χ3n) is 20.4. The summed E-state index contributed by atoms with van der Waals surface area (Å²) < 4.78 is 13.6. The molecule has 0 radical (unpaired) electrons. The Kier molecular flexibility index (Phi) is 21.9. The van der Waals surface area contributed by atoms with Crippen LogP contribution in [0.1, 0.15) is 211 Å². The molecule has 4 aromatic heterocycles. The van der Waals surface area contributed by atoms with Crippen LogP contribution in [0.15, 0.2) is 194 Å². The van der Waals surface area contributed by atoms with Crippen molar-refractivity contribution in [2.75, 3.05) is 0 Å². The van der Waals surface area contributed by atoms with Gasteiger partial charge in [0.2, 0.25) is 0 Å². The van der Waals surface area contributed by atoms with Crippen molar-refractivity contribution in [1.82, 2.24) is 0 Å². The van der Waals surface area contributed by atoms with E-state index in [4.69, 9.17) is 0 Å². The van der Waals surface area contributed by atoms with Crippen molar-refractivity contribution >= 4 is 145 Å². The van der Waals surface area contributed by atoms with Gasteiger partial charge in [-0.15, -0.1) is 0 Å². The molecule has 0 nitrogen and oxygen atoms in total. The molecule has 0 amide bonds. The van der Waals surface area contributed by atoms with Crippen LogP contribution >= 0.6 is 0 Å². The van der Waals surface area contributed by atoms with Crippen LogP contribution in [0.4, 0.5) is 0 Å². The summed E-state index contributed by atoms with van der Waals surface area (Å²) in [7, 11) is 0. The molecule has 8 heteroatoms. The Bertz CT molecular complexity index is 4120. The Labute approximate surface area is 674 Å². The average molecular weight is 1890 g/mol. The van der Waals surface area contributed by atoms with Crippen molar-refractivity contribution in [3.05, 3.63) is 239 Å². The molecule has 8 bridgehead atoms. The molecule has 104 heavy (non-hydrogen) atoms. The predicted octanol–water partition coefficient (Wildman–Crippen LogP) is 18.6. The van der Waals surface area contributed by atoms with E-state index in [2.05, 4.69) is 360 Å². The van der Waals surface area contributed by atoms with Crippen molar-refractivity contribution in [2.45, 2.75) is 209 Å². The quantitative estimate of drug-likeness (QED) is 0.133. The SMILES string of the molecule is CC(C)(C)c1ccc(-c2c3[se]c(c2-c2ccc(C(C)(C)C)cc2)[Se]c2[se]c(c(-c4ccc(C(C)(C)C)cc4)c2-c2ccc(C(C)(C)C)cc2)[Se]c2[se]c(c(-c4ccc(C(C)(C)C)cc4)c2-c2ccc(C(C)(C)C)cc2)[Se]c2[se]c(c(-c4ccc(C(C)(C)C)cc4)c2-c2ccc(C(C)(C)C)cc2)[Se]3)cc1. The first-order valence-corrected chi connectivity index (χ1v) is 50.5. The predicted molar refractivity (Wildman–Crippen MR) is 467 cm³/mol. The summed E-state index contributed by atoms with van der Waals surface area (Å²) in [5.74, 6) is 0. The molecule has 8 aromatic carbocycles. The molecule has 536 valence electrons. The third kappa shape index (κ3) is 16.5. The number of fused-ring (bicyclic) bond motifs is 8. The topological polar surface area (TPSA) is 0 Å². The van der Waals surface area contributed by atoms with Gasteiger partial charge >= 0.3 is 682 Å². The summed E-state index contributed by atoms with van der Waals surface area (Å²) in [4.78, 5) is 0. The maximum absolute atomic E-state index is 2.53. The van der Waals surface area contributed by atoms with Gasteiger partial charge in [-0.05, 0) is 0 Å². The van der Waals surface area contributed by atoms with Crippen molar-refractivity contribution in [3.8, 4) is 89.0 Å². The van der Waals surface area contributed by atoms with Gasteiger partial charge in [0.15, 0.2) is 0 Å². The van der Waals surface area contributed by atoms with Gasteiger partial charge in [-0.1, -0.05) is 0 Å². The normalized spacial score (nSPS) is 13.6. The van der Waals surface area contributed by atoms with Gasteiger partial charge < -0.3 is 0 Å². The summed E-state index contributed by atoms with van der Waals surface area (Å²) in [6.07, 6.45) is 0. The van der Waals surface area contributed by atoms with Gasteiger partial charge in [0, 0.05) is 0 Å². The Morgan fingerprint density at radius 1 is 0.135 bits per heavy atom. The van der Waals surface area contributed by atoms with E-state index in [0.29, 0.717) is 0 Å². The fourth-order valence-corrected chi connectivity index (χ4v) is 57.3. The van der Waals surface area contributed by atoms with Gasteiger partial charge in [0.05, 0.1) is 0 Å². The van der Waals surface area contributed by atoms with E-state index in [1.165, 1.54) is 134 Å². The summed E-state index contributed by atoms with van der Waals surface area (Å²) in [5, 5.41) is 0. The maximum atomic E-state index is 2.53. The first kappa shape index (κ1) is 78.0. The van der Waals surface area contributed by atoms with Crippen molar-refractivity contribution < 1.29 is 0 Å². The van der Waals surface area contributed by atoms with E-state index in [1.54, 1.807) is 26.7 Å². The molecule has 0 atom stereocenters. The molecular weight excluding hydrogens is 1780 g/mol. The number of hydrogen-bond acceptors (Lipinski definition) is 0. The first-order chi connectivity index (χ1) is 48.6. The molecule has 1 aliphatic heterocycles. The fourth-order valence-electron chi connectivity index (χ4n) is 13.7. The zero-order valence-corrected chi connectivity index (χ0v) is 79.4. The molecule has 1 aliphatic rings. The van der Waals surface area contributed by atoms with Gasteiger partial charge in [-0.2, -0.15) is 0 Å². The van der Waals surface area contributed by atoms with Crippen LogP contribution in [-0.4, -0.2) is 118 Å². The summed E-state index contributed by atoms with van der Waals surface area (Å²) >= 11 is 0.301. The Morgan fingerprint density at radius 3 is 0.298 bits per heavy atom. The summed E-state index contributed by atoms with van der Waals surface area (Å²) in [5.41, 5.74) is 34.4. The molecule has 0 fully saturated rings. The average Bonchev–Trinajstić information content (AvgIpc) is 1.58. The van der Waals surface area contributed by atoms with Crippen molar-refractivity contribution in [1.29, 1.82) is 0 Å². The van der Waals surface area contributed by atoms with E-state index >= 15 is 0 Å². The van der Waals surface area contributed by atoms with E-state index in [0.717, 1.165) is 0 Å². The van der Waals surface area contributed by atoms with Gasteiger partial charge in [-0.25, -0.2) is 0 Å². The zero-order chi connectivity index (χ0) is 74.8. The van der Waals surface area contributed by atoms with E-state index < -0.39 is 0 Å². The van der Waals surface area contributed by atoms with E-state index in [1.807, 2.05) is 0 Å². The fraction of sp³-hybridized carbons (Fsp3) is 0.333. The van der Waals surface area contributed by atoms with Crippen molar-refractivity contribution in [2.24, 2.45) is 0 Å². The van der Waals surface area contributed by atoms with Crippen LogP contribution in [0.2, 0.25) is 0 Å². The van der Waals surface area contributed by atoms with Crippen LogP contribution in [0.25, 0.3) is 89.0 Å². The van der Waals surface area contributed by atoms with Crippen LogP contribution in [0.5, 0.6) is 0 Å². The van der Waals surface area contributed by atoms with Crippen molar-refractivity contribution in [3.63, 3.8) is 0 Å². The molecule has 0 N–H and O–H groups in total. The zero-order valence-electron chi connectivity index (χ0n) is 65.7. The van der Waals surface area contributed by atoms with Gasteiger partial charge in [-0.3, -0.25) is 0 Å². The number of benzene rings is 8. The van der Waals surface area contributed by atoms with Crippen LogP contribution in [0, 0.1) is 0 Å². The van der Waals surface area contributed by atoms with E-state index in [9.17, 15) is 0 Å². The Hall–Kier alpha value is -4.16. The third-order valence-corrected chi connectivity index (χ3v) is 48.0. The molecule has 0 unspecified atom stereocenters. The molecule has 13 rings (SSSR count). The minimum absolute atomic E-state index is 0.00742. The second-order valence-electron chi connectivity index (χ2n) is 36.7. The molecule has 0 aliphatic carbocycles. The standard InChI is InChI=1S/C96H104Se8/c1-89(2,3)65-41-25-57(26-42-65)73-74(58-27-43-66(44-28-58)90(4,5)6)82-97-81(73)101-83-75(59-29-45-67(46-30-59)91(7,8)9)76(60-31-47-68(48-32-60)92(10,11)12)85(98-83)103-87-79(63-37-53-71(54-38-63)95(19,20)21)80(64-39-55-72(56-40-64)96(22,23)24)88(100-87)104-86-78(62-35-51-70(52-36-62)94(16,17)18)77(84(99-86)102-82)61-33-49-69(50-34-61)93(13,14)15/h25-56H,1-24H3. The molecular formula is C96H104Se8. The van der Waals surface area contributed by atoms with Crippen LogP contribution < -0.4 is 26.7 Å². The monoisotopic (exact) mass is 1900 g/mol. The number of hydrogen-bond donors (Lipinski definition) is 0. The minimum atomic E-state index is 0.00742. The second kappa shape index (κ2) is 29.3. The molecule has 5 heterocycles. The number of rotatable bonds is 8. The Morgan fingerprint density at radius 2 is 0.221 bits per heavy atom. The van der Waals surface area contributed by atoms with Crippen LogP contribution in [-0.2, 0) is 43.3 Å². The molecule has 0 saturated heterocycles. The van der Waals surface area contributed by atoms with Gasteiger partial charge in [0.25, 0.3) is 0 Å². The molecule has 0 saturated carbocycles. The summed E-state index contributed by atoms with van der Waals surface area (Å²) in [6, 6.07) is 80.1. The Balaban J connectivity index is 1.21.